The number of sulfonamides is 1. The van der Waals surface area contributed by atoms with Crippen molar-refractivity contribution in [1.29, 1.82) is 0 Å². The van der Waals surface area contributed by atoms with E-state index in [1.165, 1.54) is 42.8 Å². The molecule has 1 amide bonds. The number of rotatable bonds is 4. The van der Waals surface area contributed by atoms with E-state index in [9.17, 15) is 22.4 Å². The van der Waals surface area contributed by atoms with E-state index in [-0.39, 0.29) is 48.5 Å². The van der Waals surface area contributed by atoms with Crippen LogP contribution in [0.15, 0.2) is 58.5 Å². The molecule has 1 N–H and O–H groups in total. The molecular formula is C21H20FN7O4S. The first-order valence-electron chi connectivity index (χ1n) is 10.4. The molecule has 0 aliphatic carbocycles. The molecule has 1 fully saturated rings. The van der Waals surface area contributed by atoms with Gasteiger partial charge in [-0.15, -0.1) is 5.10 Å². The highest BCUT2D eigenvalue weighted by atomic mass is 32.2. The summed E-state index contributed by atoms with van der Waals surface area (Å²) in [4.78, 5) is 29.2. The highest BCUT2D eigenvalue weighted by Crippen LogP contribution is 2.21. The molecular weight excluding hydrogens is 465 g/mol. The van der Waals surface area contributed by atoms with Crippen molar-refractivity contribution in [2.75, 3.05) is 26.2 Å². The van der Waals surface area contributed by atoms with Crippen molar-refractivity contribution >= 4 is 21.4 Å². The van der Waals surface area contributed by atoms with E-state index in [1.54, 1.807) is 25.3 Å². The average Bonchev–Trinajstić information content (AvgIpc) is 3.45. The smallest absolute Gasteiger partial charge is 0.276 e. The Hall–Kier alpha value is -3.84. The second kappa shape index (κ2) is 8.18. The van der Waals surface area contributed by atoms with Gasteiger partial charge in [0.25, 0.3) is 11.5 Å². The fraction of sp³-hybridized carbons (Fsp3) is 0.238. The highest BCUT2D eigenvalue weighted by molar-refractivity contribution is 7.89. The van der Waals surface area contributed by atoms with Gasteiger partial charge in [0.05, 0.1) is 17.5 Å². The Morgan fingerprint density at radius 2 is 1.82 bits per heavy atom. The zero-order valence-corrected chi connectivity index (χ0v) is 18.9. The van der Waals surface area contributed by atoms with E-state index in [1.807, 2.05) is 0 Å². The van der Waals surface area contributed by atoms with E-state index in [0.717, 1.165) is 6.07 Å². The Morgan fingerprint density at radius 3 is 2.56 bits per heavy atom. The van der Waals surface area contributed by atoms with E-state index in [4.69, 9.17) is 0 Å². The fourth-order valence-corrected chi connectivity index (χ4v) is 5.44. The maximum atomic E-state index is 14.0. The highest BCUT2D eigenvalue weighted by Gasteiger charge is 2.33. The van der Waals surface area contributed by atoms with Crippen molar-refractivity contribution < 1.29 is 17.6 Å². The van der Waals surface area contributed by atoms with Gasteiger partial charge in [-0.25, -0.2) is 22.0 Å². The molecule has 13 heteroatoms. The van der Waals surface area contributed by atoms with Crippen LogP contribution in [0.2, 0.25) is 0 Å². The molecule has 0 saturated carbocycles. The molecule has 4 heterocycles. The minimum absolute atomic E-state index is 0.0365. The summed E-state index contributed by atoms with van der Waals surface area (Å²) in [5.74, 6) is -0.976. The monoisotopic (exact) mass is 485 g/mol. The second-order valence-electron chi connectivity index (χ2n) is 7.80. The number of hydrogen-bond donors (Lipinski definition) is 1. The summed E-state index contributed by atoms with van der Waals surface area (Å²) in [6.07, 6.45) is 3.02. The zero-order valence-electron chi connectivity index (χ0n) is 18.0. The Morgan fingerprint density at radius 1 is 1.09 bits per heavy atom. The first kappa shape index (κ1) is 22.0. The number of aromatic nitrogens is 5. The molecule has 11 nitrogen and oxygen atoms in total. The lowest BCUT2D eigenvalue weighted by molar-refractivity contribution is 0.0697. The molecule has 5 rings (SSSR count). The first-order chi connectivity index (χ1) is 16.3. The number of fused-ring (bicyclic) bond motifs is 1. The number of piperazine rings is 1. The number of H-pyrrole nitrogens is 1. The molecule has 0 bridgehead atoms. The summed E-state index contributed by atoms with van der Waals surface area (Å²) >= 11 is 0. The number of hydrogen-bond acceptors (Lipinski definition) is 6. The van der Waals surface area contributed by atoms with Gasteiger partial charge >= 0.3 is 0 Å². The fourth-order valence-electron chi connectivity index (χ4n) is 3.96. The van der Waals surface area contributed by atoms with Gasteiger partial charge in [0.15, 0.2) is 0 Å². The van der Waals surface area contributed by atoms with E-state index in [0.29, 0.717) is 16.8 Å². The Bertz CT molecular complexity index is 1570. The van der Waals surface area contributed by atoms with E-state index in [2.05, 4.69) is 15.2 Å². The topological polar surface area (TPSA) is 126 Å². The predicted octanol–water partition coefficient (Wildman–Crippen LogP) is 0.803. The molecule has 4 aromatic rings. The van der Waals surface area contributed by atoms with Gasteiger partial charge < -0.3 is 4.90 Å². The first-order valence-corrected chi connectivity index (χ1v) is 11.9. The largest absolute Gasteiger partial charge is 0.336 e. The zero-order chi connectivity index (χ0) is 24.0. The number of nitrogens with one attached hydrogen (secondary N) is 1. The lowest BCUT2D eigenvalue weighted by atomic mass is 10.2. The maximum Gasteiger partial charge on any atom is 0.276 e. The normalized spacial score (nSPS) is 15.2. The predicted molar refractivity (Wildman–Crippen MR) is 119 cm³/mol. The van der Waals surface area contributed by atoms with Crippen LogP contribution in [0.4, 0.5) is 4.39 Å². The van der Waals surface area contributed by atoms with Crippen LogP contribution in [0.1, 0.15) is 16.1 Å². The van der Waals surface area contributed by atoms with Crippen molar-refractivity contribution in [3.63, 3.8) is 0 Å². The van der Waals surface area contributed by atoms with Crippen molar-refractivity contribution in [2.45, 2.75) is 11.8 Å². The lowest BCUT2D eigenvalue weighted by Gasteiger charge is -2.34. The van der Waals surface area contributed by atoms with Crippen LogP contribution < -0.4 is 5.56 Å². The number of amides is 1. The molecule has 0 atom stereocenters. The minimum atomic E-state index is -4.00. The van der Waals surface area contributed by atoms with Crippen molar-refractivity contribution in [2.24, 2.45) is 0 Å². The van der Waals surface area contributed by atoms with Gasteiger partial charge in [-0.1, -0.05) is 12.1 Å². The standard InChI is InChI=1S/C21H20FN7O4S/c1-14-15(13-23-29(14)21-24-19(30)17-6-4-8-28(17)25-21)20(31)26-9-11-27(12-10-26)34(32,33)18-7-3-2-5-16(18)22/h2-8,13H,9-12H2,1H3,(H,24,25,30). The molecule has 0 radical (unpaired) electrons. The molecule has 0 unspecified atom stereocenters. The van der Waals surface area contributed by atoms with Gasteiger partial charge in [0.2, 0.25) is 16.0 Å². The van der Waals surface area contributed by atoms with Crippen molar-refractivity contribution in [3.8, 4) is 5.95 Å². The summed E-state index contributed by atoms with van der Waals surface area (Å²) < 4.78 is 43.6. The molecule has 176 valence electrons. The molecule has 3 aromatic heterocycles. The third kappa shape index (κ3) is 3.58. The van der Waals surface area contributed by atoms with Gasteiger partial charge in [0.1, 0.15) is 16.2 Å². The van der Waals surface area contributed by atoms with Gasteiger partial charge in [0, 0.05) is 32.4 Å². The van der Waals surface area contributed by atoms with Gasteiger partial charge in [-0.3, -0.25) is 14.6 Å². The number of carbonyl (C=O) groups is 1. The van der Waals surface area contributed by atoms with E-state index < -0.39 is 15.8 Å². The minimum Gasteiger partial charge on any atom is -0.336 e. The second-order valence-corrected chi connectivity index (χ2v) is 9.70. The summed E-state index contributed by atoms with van der Waals surface area (Å²) in [6, 6.07) is 8.54. The van der Waals surface area contributed by atoms with Crippen LogP contribution in [-0.2, 0) is 10.0 Å². The summed E-state index contributed by atoms with van der Waals surface area (Å²) in [5, 5.41) is 8.53. The third-order valence-corrected chi connectivity index (χ3v) is 7.74. The molecule has 1 saturated heterocycles. The molecule has 1 aromatic carbocycles. The van der Waals surface area contributed by atoms with Crippen LogP contribution >= 0.6 is 0 Å². The van der Waals surface area contributed by atoms with Crippen LogP contribution in [0.25, 0.3) is 11.5 Å². The lowest BCUT2D eigenvalue weighted by Crippen LogP contribution is -2.50. The number of nitrogens with zero attached hydrogens (tertiary/aromatic N) is 6. The number of carbonyl (C=O) groups excluding carboxylic acids is 1. The average molecular weight is 486 g/mol. The molecule has 34 heavy (non-hydrogen) atoms. The number of aromatic amines is 1. The van der Waals surface area contributed by atoms with Crippen molar-refractivity contribution in [3.05, 3.63) is 76.2 Å². The summed E-state index contributed by atoms with van der Waals surface area (Å²) in [7, 11) is -4.00. The maximum absolute atomic E-state index is 14.0. The summed E-state index contributed by atoms with van der Waals surface area (Å²) in [6.45, 7) is 2.03. The number of halogens is 1. The van der Waals surface area contributed by atoms with Crippen LogP contribution in [-0.4, -0.2) is 74.1 Å². The van der Waals surface area contributed by atoms with Crippen LogP contribution in [0.3, 0.4) is 0 Å². The third-order valence-electron chi connectivity index (χ3n) is 5.81. The molecule has 1 aliphatic heterocycles. The quantitative estimate of drug-likeness (QED) is 0.456. The van der Waals surface area contributed by atoms with Crippen molar-refractivity contribution in [1.82, 2.24) is 33.6 Å². The Labute approximate surface area is 193 Å². The van der Waals surface area contributed by atoms with E-state index >= 15 is 0 Å². The molecule has 1 aliphatic rings. The summed E-state index contributed by atoms with van der Waals surface area (Å²) in [5.41, 5.74) is 0.819. The van der Waals surface area contributed by atoms with Crippen LogP contribution in [0.5, 0.6) is 0 Å². The number of benzene rings is 1. The van der Waals surface area contributed by atoms with Gasteiger partial charge in [-0.05, 0) is 31.2 Å². The van der Waals surface area contributed by atoms with Crippen LogP contribution in [0, 0.1) is 12.7 Å². The Kier molecular flexibility index (Phi) is 5.29. The SMILES string of the molecule is Cc1c(C(=O)N2CCN(S(=O)(=O)c3ccccc3F)CC2)cnn1-c1nn2cccc2c(=O)[nH]1. The molecule has 0 spiro atoms. The Balaban J connectivity index is 1.34. The van der Waals surface area contributed by atoms with Gasteiger partial charge in [-0.2, -0.15) is 9.40 Å².